The Balaban J connectivity index is 1.98. The second kappa shape index (κ2) is 6.27. The standard InChI is InChI=1S/C16H24ClNO2S/c1-16(2,3)12-4-8-14(9-5-12)18-21(19,20)15-10-6-13(17)7-11-15/h6-7,10-12,14,18H,4-5,8-9H2,1-3H3. The molecule has 1 aliphatic carbocycles. The van der Waals surface area contributed by atoms with Gasteiger partial charge in [-0.2, -0.15) is 0 Å². The zero-order valence-electron chi connectivity index (χ0n) is 12.9. The van der Waals surface area contributed by atoms with E-state index >= 15 is 0 Å². The molecular formula is C16H24ClNO2S. The molecule has 0 radical (unpaired) electrons. The van der Waals surface area contributed by atoms with Crippen LogP contribution in [0.3, 0.4) is 0 Å². The first-order chi connectivity index (χ1) is 9.68. The maximum absolute atomic E-state index is 12.3. The number of halogens is 1. The minimum atomic E-state index is -3.44. The number of sulfonamides is 1. The number of hydrogen-bond acceptors (Lipinski definition) is 2. The smallest absolute Gasteiger partial charge is 0.208 e. The molecule has 1 aromatic carbocycles. The number of benzene rings is 1. The number of rotatable bonds is 3. The third kappa shape index (κ3) is 4.44. The molecule has 1 saturated carbocycles. The lowest BCUT2D eigenvalue weighted by Gasteiger charge is -2.37. The van der Waals surface area contributed by atoms with Crippen LogP contribution in [0.25, 0.3) is 0 Å². The van der Waals surface area contributed by atoms with E-state index in [1.807, 2.05) is 0 Å². The van der Waals surface area contributed by atoms with Gasteiger partial charge in [-0.3, -0.25) is 0 Å². The van der Waals surface area contributed by atoms with Crippen molar-refractivity contribution < 1.29 is 8.42 Å². The average Bonchev–Trinajstić information content (AvgIpc) is 2.38. The molecule has 5 heteroatoms. The van der Waals surface area contributed by atoms with Gasteiger partial charge in [-0.05, 0) is 61.3 Å². The van der Waals surface area contributed by atoms with E-state index in [0.717, 1.165) is 25.7 Å². The lowest BCUT2D eigenvalue weighted by molar-refractivity contribution is 0.166. The van der Waals surface area contributed by atoms with Gasteiger partial charge in [0.15, 0.2) is 0 Å². The summed E-state index contributed by atoms with van der Waals surface area (Å²) in [6.45, 7) is 6.78. The predicted molar refractivity (Wildman–Crippen MR) is 87.0 cm³/mol. The summed E-state index contributed by atoms with van der Waals surface area (Å²) in [7, 11) is -3.44. The van der Waals surface area contributed by atoms with E-state index in [0.29, 0.717) is 16.4 Å². The number of nitrogens with one attached hydrogen (secondary N) is 1. The van der Waals surface area contributed by atoms with Crippen LogP contribution < -0.4 is 4.72 Å². The van der Waals surface area contributed by atoms with Crippen LogP contribution in [0.15, 0.2) is 29.2 Å². The van der Waals surface area contributed by atoms with Crippen LogP contribution in [0, 0.1) is 11.3 Å². The molecule has 0 aliphatic heterocycles. The molecule has 0 saturated heterocycles. The van der Waals surface area contributed by atoms with Crippen LogP contribution in [0.1, 0.15) is 46.5 Å². The Bertz CT molecular complexity index is 567. The van der Waals surface area contributed by atoms with Crippen molar-refractivity contribution in [3.8, 4) is 0 Å². The Hall–Kier alpha value is -0.580. The van der Waals surface area contributed by atoms with E-state index in [1.165, 1.54) is 0 Å². The molecule has 1 fully saturated rings. The fraction of sp³-hybridized carbons (Fsp3) is 0.625. The average molecular weight is 330 g/mol. The second-order valence-electron chi connectivity index (χ2n) is 6.99. The highest BCUT2D eigenvalue weighted by Gasteiger charge is 2.31. The molecule has 0 amide bonds. The molecule has 1 aromatic rings. The largest absolute Gasteiger partial charge is 0.240 e. The molecule has 0 heterocycles. The van der Waals surface area contributed by atoms with Crippen LogP contribution in [-0.4, -0.2) is 14.5 Å². The fourth-order valence-electron chi connectivity index (χ4n) is 2.98. The summed E-state index contributed by atoms with van der Waals surface area (Å²) in [5.74, 6) is 0.675. The van der Waals surface area contributed by atoms with Crippen LogP contribution in [0.5, 0.6) is 0 Å². The lowest BCUT2D eigenvalue weighted by atomic mass is 9.71. The van der Waals surface area contributed by atoms with E-state index in [4.69, 9.17) is 11.6 Å². The van der Waals surface area contributed by atoms with Crippen molar-refractivity contribution in [1.82, 2.24) is 4.72 Å². The van der Waals surface area contributed by atoms with E-state index < -0.39 is 10.0 Å². The molecule has 0 spiro atoms. The summed E-state index contributed by atoms with van der Waals surface area (Å²) >= 11 is 5.80. The highest BCUT2D eigenvalue weighted by atomic mass is 35.5. The second-order valence-corrected chi connectivity index (χ2v) is 9.14. The summed E-state index contributed by atoms with van der Waals surface area (Å²) in [5.41, 5.74) is 0.306. The van der Waals surface area contributed by atoms with Crippen molar-refractivity contribution in [2.45, 2.75) is 57.4 Å². The Labute approximate surface area is 133 Å². The van der Waals surface area contributed by atoms with E-state index in [2.05, 4.69) is 25.5 Å². The topological polar surface area (TPSA) is 46.2 Å². The first-order valence-corrected chi connectivity index (χ1v) is 9.32. The molecule has 1 N–H and O–H groups in total. The Kier molecular flexibility index (Phi) is 5.01. The maximum atomic E-state index is 12.3. The van der Waals surface area contributed by atoms with Crippen molar-refractivity contribution in [2.75, 3.05) is 0 Å². The first-order valence-electron chi connectivity index (χ1n) is 7.46. The SMILES string of the molecule is CC(C)(C)C1CCC(NS(=O)(=O)c2ccc(Cl)cc2)CC1. The molecule has 0 aromatic heterocycles. The van der Waals surface area contributed by atoms with Crippen LogP contribution in [-0.2, 0) is 10.0 Å². The van der Waals surface area contributed by atoms with Gasteiger partial charge in [0.25, 0.3) is 0 Å². The molecular weight excluding hydrogens is 306 g/mol. The highest BCUT2D eigenvalue weighted by Crippen LogP contribution is 2.38. The van der Waals surface area contributed by atoms with E-state index in [-0.39, 0.29) is 10.9 Å². The van der Waals surface area contributed by atoms with Gasteiger partial charge in [0.05, 0.1) is 4.90 Å². The monoisotopic (exact) mass is 329 g/mol. The summed E-state index contributed by atoms with van der Waals surface area (Å²) in [4.78, 5) is 0.282. The van der Waals surface area contributed by atoms with Gasteiger partial charge in [-0.15, -0.1) is 0 Å². The normalized spacial score (nSPS) is 24.0. The molecule has 1 aliphatic rings. The Morgan fingerprint density at radius 2 is 1.57 bits per heavy atom. The third-order valence-electron chi connectivity index (χ3n) is 4.40. The zero-order chi connectivity index (χ0) is 15.7. The molecule has 118 valence electrons. The summed E-state index contributed by atoms with van der Waals surface area (Å²) in [6.07, 6.45) is 3.98. The van der Waals surface area contributed by atoms with Gasteiger partial charge in [0, 0.05) is 11.1 Å². The van der Waals surface area contributed by atoms with E-state index in [1.54, 1.807) is 24.3 Å². The molecule has 0 atom stereocenters. The van der Waals surface area contributed by atoms with Crippen molar-refractivity contribution in [1.29, 1.82) is 0 Å². The molecule has 0 unspecified atom stereocenters. The van der Waals surface area contributed by atoms with Gasteiger partial charge in [0.2, 0.25) is 10.0 Å². The first kappa shape index (κ1) is 16.8. The highest BCUT2D eigenvalue weighted by molar-refractivity contribution is 7.89. The minimum absolute atomic E-state index is 0.0456. The van der Waals surface area contributed by atoms with E-state index in [9.17, 15) is 8.42 Å². The van der Waals surface area contributed by atoms with Gasteiger partial charge in [0.1, 0.15) is 0 Å². The quantitative estimate of drug-likeness (QED) is 0.902. The Morgan fingerprint density at radius 1 is 1.05 bits per heavy atom. The molecule has 21 heavy (non-hydrogen) atoms. The summed E-state index contributed by atoms with van der Waals surface area (Å²) in [5, 5.41) is 0.541. The van der Waals surface area contributed by atoms with Crippen molar-refractivity contribution in [3.05, 3.63) is 29.3 Å². The molecule has 3 nitrogen and oxygen atoms in total. The third-order valence-corrected chi connectivity index (χ3v) is 6.19. The molecule has 2 rings (SSSR count). The van der Waals surface area contributed by atoms with Gasteiger partial charge in [-0.25, -0.2) is 13.1 Å². The predicted octanol–water partition coefficient (Wildman–Crippen LogP) is 4.22. The lowest BCUT2D eigenvalue weighted by Crippen LogP contribution is -2.39. The van der Waals surface area contributed by atoms with Crippen molar-refractivity contribution in [2.24, 2.45) is 11.3 Å². The summed E-state index contributed by atoms with van der Waals surface area (Å²) < 4.78 is 27.5. The zero-order valence-corrected chi connectivity index (χ0v) is 14.5. The van der Waals surface area contributed by atoms with Crippen molar-refractivity contribution in [3.63, 3.8) is 0 Å². The Morgan fingerprint density at radius 3 is 2.05 bits per heavy atom. The summed E-state index contributed by atoms with van der Waals surface area (Å²) in [6, 6.07) is 6.35. The maximum Gasteiger partial charge on any atom is 0.240 e. The minimum Gasteiger partial charge on any atom is -0.208 e. The van der Waals surface area contributed by atoms with Crippen LogP contribution in [0.4, 0.5) is 0 Å². The molecule has 0 bridgehead atoms. The van der Waals surface area contributed by atoms with Gasteiger partial charge >= 0.3 is 0 Å². The fourth-order valence-corrected chi connectivity index (χ4v) is 4.41. The van der Waals surface area contributed by atoms with Gasteiger partial charge < -0.3 is 0 Å². The van der Waals surface area contributed by atoms with Crippen LogP contribution in [0.2, 0.25) is 5.02 Å². The van der Waals surface area contributed by atoms with Crippen molar-refractivity contribution >= 4 is 21.6 Å². The number of hydrogen-bond donors (Lipinski definition) is 1. The van der Waals surface area contributed by atoms with Crippen LogP contribution >= 0.6 is 11.6 Å². The van der Waals surface area contributed by atoms with Gasteiger partial charge in [-0.1, -0.05) is 32.4 Å².